The predicted octanol–water partition coefficient (Wildman–Crippen LogP) is 3.39. The quantitative estimate of drug-likeness (QED) is 0.886. The van der Waals surface area contributed by atoms with E-state index in [1.807, 2.05) is 19.1 Å². The number of carbonyl (C=O) groups excluding carboxylic acids is 1. The van der Waals surface area contributed by atoms with Crippen molar-refractivity contribution >= 4 is 11.7 Å². The molecular formula is C16H20N2O3. The molecule has 0 spiro atoms. The Kier molecular flexibility index (Phi) is 5.00. The maximum Gasteiger partial charge on any atom is 0.322 e. The van der Waals surface area contributed by atoms with Crippen molar-refractivity contribution in [2.75, 3.05) is 11.9 Å². The van der Waals surface area contributed by atoms with Crippen LogP contribution in [-0.2, 0) is 6.54 Å². The van der Waals surface area contributed by atoms with Crippen LogP contribution < -0.4 is 5.32 Å². The number of furan rings is 1. The molecular weight excluding hydrogens is 268 g/mol. The lowest BCUT2D eigenvalue weighted by Gasteiger charge is -2.20. The Morgan fingerprint density at radius 1 is 1.38 bits per heavy atom. The highest BCUT2D eigenvalue weighted by Gasteiger charge is 2.14. The maximum absolute atomic E-state index is 12.3. The van der Waals surface area contributed by atoms with Crippen LogP contribution in [0.2, 0.25) is 0 Å². The molecule has 0 fully saturated rings. The van der Waals surface area contributed by atoms with Crippen LogP contribution in [-0.4, -0.2) is 22.6 Å². The zero-order valence-electron chi connectivity index (χ0n) is 12.2. The number of urea groups is 1. The molecule has 0 aliphatic carbocycles. The zero-order valence-corrected chi connectivity index (χ0v) is 12.2. The highest BCUT2D eigenvalue weighted by atomic mass is 16.3. The molecule has 0 aliphatic rings. The van der Waals surface area contributed by atoms with E-state index < -0.39 is 6.10 Å². The molecule has 0 radical (unpaired) electrons. The van der Waals surface area contributed by atoms with Crippen LogP contribution in [0.1, 0.15) is 31.3 Å². The van der Waals surface area contributed by atoms with Gasteiger partial charge >= 0.3 is 6.03 Å². The number of amides is 2. The number of carbonyl (C=O) groups is 1. The normalized spacial score (nSPS) is 12.0. The Morgan fingerprint density at radius 2 is 2.19 bits per heavy atom. The minimum absolute atomic E-state index is 0.198. The van der Waals surface area contributed by atoms with Crippen molar-refractivity contribution in [2.45, 2.75) is 26.5 Å². The Hall–Kier alpha value is -2.27. The van der Waals surface area contributed by atoms with Gasteiger partial charge in [0.1, 0.15) is 5.76 Å². The summed E-state index contributed by atoms with van der Waals surface area (Å²) in [6.45, 7) is 4.60. The molecule has 0 aliphatic heterocycles. The van der Waals surface area contributed by atoms with E-state index in [9.17, 15) is 9.90 Å². The monoisotopic (exact) mass is 288 g/mol. The van der Waals surface area contributed by atoms with Gasteiger partial charge in [-0.2, -0.15) is 0 Å². The largest absolute Gasteiger partial charge is 0.467 e. The number of nitrogens with zero attached hydrogens (tertiary/aromatic N) is 1. The number of anilines is 1. The standard InChI is InChI=1S/C16H20N2O3/c1-3-18(11-15-8-5-9-21-15)16(20)17-14-7-4-6-13(10-14)12(2)19/h4-10,12,19H,3,11H2,1-2H3,(H,17,20). The number of benzene rings is 1. The summed E-state index contributed by atoms with van der Waals surface area (Å²) in [5, 5.41) is 12.4. The van der Waals surface area contributed by atoms with Crippen LogP contribution in [0.15, 0.2) is 47.1 Å². The second kappa shape index (κ2) is 6.95. The van der Waals surface area contributed by atoms with E-state index in [0.717, 1.165) is 11.3 Å². The van der Waals surface area contributed by atoms with Gasteiger partial charge in [-0.3, -0.25) is 0 Å². The first kappa shape index (κ1) is 15.1. The fourth-order valence-corrected chi connectivity index (χ4v) is 2.00. The average molecular weight is 288 g/mol. The van der Waals surface area contributed by atoms with E-state index in [4.69, 9.17) is 4.42 Å². The third-order valence-electron chi connectivity index (χ3n) is 3.22. The van der Waals surface area contributed by atoms with E-state index in [2.05, 4.69) is 5.32 Å². The highest BCUT2D eigenvalue weighted by Crippen LogP contribution is 2.17. The second-order valence-electron chi connectivity index (χ2n) is 4.83. The molecule has 5 nitrogen and oxygen atoms in total. The average Bonchev–Trinajstić information content (AvgIpc) is 2.97. The van der Waals surface area contributed by atoms with Crippen LogP contribution in [0.4, 0.5) is 10.5 Å². The van der Waals surface area contributed by atoms with E-state index in [-0.39, 0.29) is 6.03 Å². The SMILES string of the molecule is CCN(Cc1ccco1)C(=O)Nc1cccc(C(C)O)c1. The van der Waals surface area contributed by atoms with Gasteiger partial charge in [-0.15, -0.1) is 0 Å². The third kappa shape index (κ3) is 4.10. The van der Waals surface area contributed by atoms with Crippen molar-refractivity contribution < 1.29 is 14.3 Å². The minimum atomic E-state index is -0.563. The van der Waals surface area contributed by atoms with Crippen molar-refractivity contribution in [1.29, 1.82) is 0 Å². The van der Waals surface area contributed by atoms with Crippen molar-refractivity contribution in [3.63, 3.8) is 0 Å². The minimum Gasteiger partial charge on any atom is -0.467 e. The van der Waals surface area contributed by atoms with Crippen molar-refractivity contribution in [2.24, 2.45) is 0 Å². The van der Waals surface area contributed by atoms with Crippen LogP contribution in [0.5, 0.6) is 0 Å². The lowest BCUT2D eigenvalue weighted by Crippen LogP contribution is -2.34. The molecule has 5 heteroatoms. The van der Waals surface area contributed by atoms with Gasteiger partial charge in [0.05, 0.1) is 18.9 Å². The number of aliphatic hydroxyl groups excluding tert-OH is 1. The van der Waals surface area contributed by atoms with E-state index >= 15 is 0 Å². The fraction of sp³-hybridized carbons (Fsp3) is 0.312. The maximum atomic E-state index is 12.3. The first-order valence-corrected chi connectivity index (χ1v) is 6.96. The number of hydrogen-bond donors (Lipinski definition) is 2. The van der Waals surface area contributed by atoms with Crippen molar-refractivity contribution in [1.82, 2.24) is 4.90 Å². The Balaban J connectivity index is 2.03. The molecule has 2 N–H and O–H groups in total. The van der Waals surface area contributed by atoms with Crippen LogP contribution in [0, 0.1) is 0 Å². The summed E-state index contributed by atoms with van der Waals surface area (Å²) in [6, 6.07) is 10.6. The molecule has 1 heterocycles. The van der Waals surface area contributed by atoms with E-state index in [0.29, 0.717) is 18.8 Å². The Labute approximate surface area is 124 Å². The van der Waals surface area contributed by atoms with Gasteiger partial charge in [0.2, 0.25) is 0 Å². The van der Waals surface area contributed by atoms with E-state index in [1.165, 1.54) is 0 Å². The third-order valence-corrected chi connectivity index (χ3v) is 3.22. The Morgan fingerprint density at radius 3 is 2.81 bits per heavy atom. The summed E-state index contributed by atoms with van der Waals surface area (Å²) in [6.07, 6.45) is 1.03. The molecule has 0 bridgehead atoms. The first-order chi connectivity index (χ1) is 10.1. The summed E-state index contributed by atoms with van der Waals surface area (Å²) in [5.74, 6) is 0.740. The van der Waals surface area contributed by atoms with Gasteiger partial charge in [-0.05, 0) is 43.7 Å². The van der Waals surface area contributed by atoms with Crippen molar-refractivity contribution in [3.05, 3.63) is 54.0 Å². The van der Waals surface area contributed by atoms with Gasteiger partial charge in [-0.1, -0.05) is 12.1 Å². The smallest absolute Gasteiger partial charge is 0.322 e. The van der Waals surface area contributed by atoms with Gasteiger partial charge in [0.15, 0.2) is 0 Å². The van der Waals surface area contributed by atoms with Gasteiger partial charge < -0.3 is 19.7 Å². The summed E-state index contributed by atoms with van der Waals surface area (Å²) in [4.78, 5) is 13.9. The molecule has 1 aromatic carbocycles. The van der Waals surface area contributed by atoms with Gasteiger partial charge in [0, 0.05) is 12.2 Å². The molecule has 0 saturated heterocycles. The van der Waals surface area contributed by atoms with Gasteiger partial charge in [-0.25, -0.2) is 4.79 Å². The molecule has 2 aromatic rings. The lowest BCUT2D eigenvalue weighted by molar-refractivity contribution is 0.199. The molecule has 0 saturated carbocycles. The number of nitrogens with one attached hydrogen (secondary N) is 1. The highest BCUT2D eigenvalue weighted by molar-refractivity contribution is 5.89. The van der Waals surface area contributed by atoms with Crippen LogP contribution >= 0.6 is 0 Å². The molecule has 112 valence electrons. The molecule has 1 atom stereocenters. The summed E-state index contributed by atoms with van der Waals surface area (Å²) < 4.78 is 5.26. The number of hydrogen-bond acceptors (Lipinski definition) is 3. The second-order valence-corrected chi connectivity index (χ2v) is 4.83. The molecule has 1 unspecified atom stereocenters. The summed E-state index contributed by atoms with van der Waals surface area (Å²) >= 11 is 0. The van der Waals surface area contributed by atoms with Crippen LogP contribution in [0.3, 0.4) is 0 Å². The molecule has 2 rings (SSSR count). The summed E-state index contributed by atoms with van der Waals surface area (Å²) in [5.41, 5.74) is 1.43. The zero-order chi connectivity index (χ0) is 15.2. The molecule has 21 heavy (non-hydrogen) atoms. The molecule has 2 amide bonds. The summed E-state index contributed by atoms with van der Waals surface area (Å²) in [7, 11) is 0. The first-order valence-electron chi connectivity index (χ1n) is 6.96. The topological polar surface area (TPSA) is 65.7 Å². The Bertz CT molecular complexity index is 579. The van der Waals surface area contributed by atoms with Crippen LogP contribution in [0.25, 0.3) is 0 Å². The number of rotatable bonds is 5. The lowest BCUT2D eigenvalue weighted by atomic mass is 10.1. The fourth-order valence-electron chi connectivity index (χ4n) is 2.00. The van der Waals surface area contributed by atoms with Gasteiger partial charge in [0.25, 0.3) is 0 Å². The van der Waals surface area contributed by atoms with E-state index in [1.54, 1.807) is 42.4 Å². The predicted molar refractivity (Wildman–Crippen MR) is 80.9 cm³/mol. The van der Waals surface area contributed by atoms with Crippen molar-refractivity contribution in [3.8, 4) is 0 Å². The molecule has 1 aromatic heterocycles. The number of aliphatic hydroxyl groups is 1.